The van der Waals surface area contributed by atoms with Crippen LogP contribution in [0.5, 0.6) is 0 Å². The molecule has 0 spiro atoms. The van der Waals surface area contributed by atoms with E-state index in [4.69, 9.17) is 9.84 Å². The van der Waals surface area contributed by atoms with E-state index in [1.54, 1.807) is 24.3 Å². The molecule has 244 valence electrons. The highest BCUT2D eigenvalue weighted by atomic mass is 32.2. The summed E-state index contributed by atoms with van der Waals surface area (Å²) in [5.74, 6) is -1.04. The van der Waals surface area contributed by atoms with Crippen molar-refractivity contribution < 1.29 is 37.8 Å². The molecule has 17 heteroatoms. The van der Waals surface area contributed by atoms with Crippen LogP contribution in [-0.2, 0) is 30.9 Å². The Hall–Kier alpha value is -5.20. The summed E-state index contributed by atoms with van der Waals surface area (Å²) in [5.41, 5.74) is 1.14. The first-order chi connectivity index (χ1) is 22.6. The number of benzene rings is 3. The molecule has 0 aliphatic rings. The lowest BCUT2D eigenvalue weighted by atomic mass is 10.0. The summed E-state index contributed by atoms with van der Waals surface area (Å²) in [5, 5.41) is 22.7. The predicted octanol–water partition coefficient (Wildman–Crippen LogP) is 2.76. The first-order valence-electron chi connectivity index (χ1n) is 13.9. The molecule has 0 aliphatic carbocycles. The van der Waals surface area contributed by atoms with E-state index in [0.29, 0.717) is 15.3 Å². The fraction of sp³-hybridized carbons (Fsp3) is 0.167. The van der Waals surface area contributed by atoms with Crippen molar-refractivity contribution in [3.8, 4) is 0 Å². The zero-order valence-electron chi connectivity index (χ0n) is 24.4. The van der Waals surface area contributed by atoms with Gasteiger partial charge in [0, 0.05) is 12.7 Å². The van der Waals surface area contributed by atoms with E-state index in [2.05, 4.69) is 24.8 Å². The van der Waals surface area contributed by atoms with E-state index < -0.39 is 59.9 Å². The number of hydrogen-bond donors (Lipinski definition) is 4. The Bertz CT molecular complexity index is 1930. The Kier molecular flexibility index (Phi) is 10.5. The van der Waals surface area contributed by atoms with Crippen LogP contribution >= 0.6 is 11.3 Å². The van der Waals surface area contributed by atoms with E-state index in [0.717, 1.165) is 27.0 Å². The number of anilines is 1. The van der Waals surface area contributed by atoms with Crippen LogP contribution in [-0.4, -0.2) is 69.8 Å². The van der Waals surface area contributed by atoms with Crippen LogP contribution < -0.4 is 15.7 Å². The molecule has 0 saturated heterocycles. The van der Waals surface area contributed by atoms with Crippen molar-refractivity contribution in [2.45, 2.75) is 23.4 Å². The van der Waals surface area contributed by atoms with Crippen molar-refractivity contribution in [1.29, 1.82) is 0 Å². The van der Waals surface area contributed by atoms with Gasteiger partial charge in [0.1, 0.15) is 18.5 Å². The van der Waals surface area contributed by atoms with Crippen molar-refractivity contribution in [3.05, 3.63) is 119 Å². The Morgan fingerprint density at radius 2 is 1.57 bits per heavy atom. The zero-order valence-corrected chi connectivity index (χ0v) is 26.0. The molecule has 5 aromatic rings. The average Bonchev–Trinajstić information content (AvgIpc) is 3.51. The average molecular weight is 681 g/mol. The fourth-order valence-corrected chi connectivity index (χ4v) is 6.66. The normalized spacial score (nSPS) is 12.1. The molecule has 1 unspecified atom stereocenters. The number of thiazole rings is 1. The minimum Gasteiger partial charge on any atom is -0.448 e. The number of fused-ring (bicyclic) bond motifs is 1. The second kappa shape index (κ2) is 14.9. The van der Waals surface area contributed by atoms with Crippen LogP contribution in [0.4, 0.5) is 10.6 Å². The molecule has 0 aliphatic heterocycles. The lowest BCUT2D eigenvalue weighted by Crippen LogP contribution is -2.42. The lowest BCUT2D eigenvalue weighted by Gasteiger charge is -2.23. The largest absolute Gasteiger partial charge is 0.530 e. The maximum Gasteiger partial charge on any atom is 0.530 e. The van der Waals surface area contributed by atoms with Gasteiger partial charge in [-0.3, -0.25) is 9.36 Å². The number of aliphatic hydroxyl groups is 1. The molecule has 15 nitrogen and oxygen atoms in total. The van der Waals surface area contributed by atoms with Gasteiger partial charge in [-0.05, 0) is 29.3 Å². The smallest absolute Gasteiger partial charge is 0.448 e. The molecular weight excluding hydrogens is 652 g/mol. The number of nitrogens with one attached hydrogen (secondary N) is 2. The number of sulfonamides is 1. The van der Waals surface area contributed by atoms with Crippen LogP contribution in [0.15, 0.2) is 106 Å². The SMILES string of the molecule is O=C(O)ON(CCNS(=O)(=O)c1nc2ccccc2s1)C(=O)Cn1ccc(NC(O)OC(c2ccccc2)c2ccccc2)nc1=O. The monoisotopic (exact) mass is 680 g/mol. The van der Waals surface area contributed by atoms with Gasteiger partial charge in [0.2, 0.25) is 10.8 Å². The van der Waals surface area contributed by atoms with Crippen molar-refractivity contribution in [2.75, 3.05) is 18.4 Å². The van der Waals surface area contributed by atoms with Gasteiger partial charge in [0.05, 0.1) is 16.8 Å². The summed E-state index contributed by atoms with van der Waals surface area (Å²) < 4.78 is 34.9. The Morgan fingerprint density at radius 3 is 2.19 bits per heavy atom. The molecule has 2 heterocycles. The van der Waals surface area contributed by atoms with E-state index in [1.807, 2.05) is 60.7 Å². The molecule has 2 aromatic heterocycles. The number of hydroxylamine groups is 2. The third kappa shape index (κ3) is 8.75. The van der Waals surface area contributed by atoms with Gasteiger partial charge in [0.15, 0.2) is 0 Å². The Balaban J connectivity index is 1.20. The Morgan fingerprint density at radius 1 is 0.936 bits per heavy atom. The molecule has 47 heavy (non-hydrogen) atoms. The molecule has 5 rings (SSSR count). The quantitative estimate of drug-likeness (QED) is 0.105. The number of carbonyl (C=O) groups excluding carboxylic acids is 1. The molecule has 3 aromatic carbocycles. The molecule has 0 saturated carbocycles. The molecular formula is C30H28N6O9S2. The highest BCUT2D eigenvalue weighted by Crippen LogP contribution is 2.27. The predicted molar refractivity (Wildman–Crippen MR) is 170 cm³/mol. The van der Waals surface area contributed by atoms with Crippen molar-refractivity contribution in [1.82, 2.24) is 24.3 Å². The number of nitrogens with zero attached hydrogens (tertiary/aromatic N) is 4. The summed E-state index contributed by atoms with van der Waals surface area (Å²) in [4.78, 5) is 49.3. The van der Waals surface area contributed by atoms with Crippen LogP contribution in [0, 0.1) is 0 Å². The highest BCUT2D eigenvalue weighted by Gasteiger charge is 2.24. The number of aromatic nitrogens is 3. The topological polar surface area (TPSA) is 202 Å². The first-order valence-corrected chi connectivity index (χ1v) is 16.2. The number of aliphatic hydroxyl groups excluding tert-OH is 1. The van der Waals surface area contributed by atoms with Gasteiger partial charge in [-0.15, -0.1) is 11.3 Å². The maximum atomic E-state index is 12.9. The molecule has 0 fully saturated rings. The number of carboxylic acid groups (broad SMARTS) is 1. The minimum atomic E-state index is -4.08. The standard InChI is InChI=1S/C30H28N6O9S2/c37-25(36(45-30(40)41)18-16-31-47(42,43)29-32-22-13-7-8-14-23(22)46-29)19-35-17-15-24(33-27(35)38)34-28(39)44-26(20-9-3-1-4-10-20)21-11-5-2-6-12-21/h1-15,17,26,28,31,39H,16,18-19H2,(H,40,41)(H,33,34,38). The van der Waals surface area contributed by atoms with Gasteiger partial charge in [-0.1, -0.05) is 72.8 Å². The third-order valence-electron chi connectivity index (χ3n) is 6.50. The first kappa shape index (κ1) is 33.2. The van der Waals surface area contributed by atoms with E-state index >= 15 is 0 Å². The lowest BCUT2D eigenvalue weighted by molar-refractivity contribution is -0.171. The van der Waals surface area contributed by atoms with Gasteiger partial charge in [-0.2, -0.15) is 10.0 Å². The van der Waals surface area contributed by atoms with Crippen molar-refractivity contribution in [3.63, 3.8) is 0 Å². The molecule has 4 N–H and O–H groups in total. The van der Waals surface area contributed by atoms with Gasteiger partial charge < -0.3 is 25.1 Å². The minimum absolute atomic E-state index is 0.0611. The number of hydrogen-bond acceptors (Lipinski definition) is 12. The third-order valence-corrected chi connectivity index (χ3v) is 9.37. The highest BCUT2D eigenvalue weighted by molar-refractivity contribution is 7.91. The number of ether oxygens (including phenoxy) is 1. The van der Waals surface area contributed by atoms with Crippen LogP contribution in [0.2, 0.25) is 0 Å². The van der Waals surface area contributed by atoms with Crippen LogP contribution in [0.25, 0.3) is 10.2 Å². The van der Waals surface area contributed by atoms with Crippen LogP contribution in [0.1, 0.15) is 17.2 Å². The molecule has 1 amide bonds. The van der Waals surface area contributed by atoms with E-state index in [-0.39, 0.29) is 10.2 Å². The second-order valence-electron chi connectivity index (χ2n) is 9.76. The van der Waals surface area contributed by atoms with Gasteiger partial charge >= 0.3 is 11.8 Å². The van der Waals surface area contributed by atoms with E-state index in [1.165, 1.54) is 12.3 Å². The summed E-state index contributed by atoms with van der Waals surface area (Å²) in [7, 11) is -4.08. The number of para-hydroxylation sites is 1. The summed E-state index contributed by atoms with van der Waals surface area (Å²) in [6.07, 6.45) is -2.86. The van der Waals surface area contributed by atoms with Crippen LogP contribution in [0.3, 0.4) is 0 Å². The molecule has 1 atom stereocenters. The maximum absolute atomic E-state index is 12.9. The van der Waals surface area contributed by atoms with Crippen molar-refractivity contribution >= 4 is 49.5 Å². The summed E-state index contributed by atoms with van der Waals surface area (Å²) in [6, 6.07) is 26.6. The second-order valence-corrected chi connectivity index (χ2v) is 12.7. The summed E-state index contributed by atoms with van der Waals surface area (Å²) in [6.45, 7) is -1.62. The summed E-state index contributed by atoms with van der Waals surface area (Å²) >= 11 is 0.947. The van der Waals surface area contributed by atoms with Gasteiger partial charge in [0.25, 0.3) is 15.9 Å². The Labute approximate surface area is 271 Å². The number of amides is 1. The van der Waals surface area contributed by atoms with E-state index in [9.17, 15) is 27.9 Å². The zero-order chi connectivity index (χ0) is 33.4. The number of carbonyl (C=O) groups is 2. The van der Waals surface area contributed by atoms with Crippen molar-refractivity contribution in [2.24, 2.45) is 0 Å². The fourth-order valence-electron chi connectivity index (χ4n) is 4.37. The van der Waals surface area contributed by atoms with Gasteiger partial charge in [-0.25, -0.2) is 27.7 Å². The molecule has 0 bridgehead atoms. The molecule has 0 radical (unpaired) electrons. The number of rotatable bonds is 13.